The molecule has 1 amide bonds. The Labute approximate surface area is 146 Å². The summed E-state index contributed by atoms with van der Waals surface area (Å²) in [6.45, 7) is 4.23. The van der Waals surface area contributed by atoms with E-state index in [0.29, 0.717) is 18.3 Å². The van der Waals surface area contributed by atoms with Crippen LogP contribution in [0.25, 0.3) is 0 Å². The first-order chi connectivity index (χ1) is 11.6. The second kappa shape index (κ2) is 9.31. The maximum Gasteiger partial charge on any atom is 0.224 e. The van der Waals surface area contributed by atoms with Crippen molar-refractivity contribution in [2.45, 2.75) is 46.0 Å². The number of hydrogen-bond donors (Lipinski definition) is 2. The molecule has 2 atom stereocenters. The highest BCUT2D eigenvalue weighted by Crippen LogP contribution is 2.21. The summed E-state index contributed by atoms with van der Waals surface area (Å²) in [5.41, 5.74) is 3.48. The largest absolute Gasteiger partial charge is 0.388 e. The SMILES string of the molecule is CCC(C)CC(=O)NC1=CCC(CCc2ccc(NC)cc2)C=C1. The first kappa shape index (κ1) is 18.3. The zero-order valence-corrected chi connectivity index (χ0v) is 15.1. The van der Waals surface area contributed by atoms with Crippen LogP contribution in [0.3, 0.4) is 0 Å². The number of anilines is 1. The number of carbonyl (C=O) groups is 1. The van der Waals surface area contributed by atoms with Gasteiger partial charge in [0.2, 0.25) is 5.91 Å². The number of allylic oxidation sites excluding steroid dienone is 3. The Balaban J connectivity index is 1.74. The molecule has 1 aromatic rings. The zero-order chi connectivity index (χ0) is 17.4. The molecule has 1 aromatic carbocycles. The van der Waals surface area contributed by atoms with Crippen molar-refractivity contribution in [3.8, 4) is 0 Å². The average molecular weight is 326 g/mol. The van der Waals surface area contributed by atoms with Gasteiger partial charge in [0.25, 0.3) is 0 Å². The van der Waals surface area contributed by atoms with Crippen molar-refractivity contribution >= 4 is 11.6 Å². The minimum absolute atomic E-state index is 0.128. The van der Waals surface area contributed by atoms with Gasteiger partial charge < -0.3 is 10.6 Å². The quantitative estimate of drug-likeness (QED) is 0.728. The summed E-state index contributed by atoms with van der Waals surface area (Å²) >= 11 is 0. The van der Waals surface area contributed by atoms with Crippen molar-refractivity contribution in [3.05, 3.63) is 53.8 Å². The van der Waals surface area contributed by atoms with Gasteiger partial charge in [0.1, 0.15) is 0 Å². The lowest BCUT2D eigenvalue weighted by atomic mass is 9.92. The summed E-state index contributed by atoms with van der Waals surface area (Å²) in [4.78, 5) is 11.9. The van der Waals surface area contributed by atoms with E-state index in [2.05, 4.69) is 67.0 Å². The third-order valence-electron chi connectivity index (χ3n) is 4.75. The first-order valence-electron chi connectivity index (χ1n) is 9.05. The van der Waals surface area contributed by atoms with Crippen LogP contribution in [0.1, 0.15) is 45.1 Å². The van der Waals surface area contributed by atoms with Crippen LogP contribution >= 0.6 is 0 Å². The van der Waals surface area contributed by atoms with E-state index in [0.717, 1.165) is 37.1 Å². The lowest BCUT2D eigenvalue weighted by Crippen LogP contribution is -2.24. The summed E-state index contributed by atoms with van der Waals surface area (Å²) in [6.07, 6.45) is 11.3. The monoisotopic (exact) mass is 326 g/mol. The normalized spacial score (nSPS) is 18.0. The standard InChI is InChI=1S/C21H30N2O/c1-4-16(2)15-21(24)23-20-13-9-18(10-14-20)6-5-17-7-11-19(22-3)12-8-17/h7-9,11-14,16,18,22H,4-6,10,15H2,1-3H3,(H,23,24). The van der Waals surface area contributed by atoms with E-state index in [1.54, 1.807) is 0 Å². The highest BCUT2D eigenvalue weighted by Gasteiger charge is 2.12. The van der Waals surface area contributed by atoms with Crippen LogP contribution in [0.4, 0.5) is 5.69 Å². The minimum atomic E-state index is 0.128. The van der Waals surface area contributed by atoms with Gasteiger partial charge in [-0.1, -0.05) is 44.6 Å². The minimum Gasteiger partial charge on any atom is -0.388 e. The number of nitrogens with one attached hydrogen (secondary N) is 2. The van der Waals surface area contributed by atoms with Gasteiger partial charge in [0.05, 0.1) is 0 Å². The van der Waals surface area contributed by atoms with Crippen LogP contribution in [0.2, 0.25) is 0 Å². The number of carbonyl (C=O) groups excluding carboxylic acids is 1. The highest BCUT2D eigenvalue weighted by atomic mass is 16.1. The van der Waals surface area contributed by atoms with Crippen LogP contribution in [-0.2, 0) is 11.2 Å². The molecule has 2 unspecified atom stereocenters. The molecule has 0 radical (unpaired) electrons. The Morgan fingerprint density at radius 2 is 2.04 bits per heavy atom. The summed E-state index contributed by atoms with van der Waals surface area (Å²) < 4.78 is 0. The van der Waals surface area contributed by atoms with E-state index >= 15 is 0 Å². The van der Waals surface area contributed by atoms with Crippen molar-refractivity contribution in [2.75, 3.05) is 12.4 Å². The molecule has 0 saturated carbocycles. The van der Waals surface area contributed by atoms with E-state index in [1.165, 1.54) is 5.56 Å². The molecule has 0 bridgehead atoms. The van der Waals surface area contributed by atoms with E-state index in [4.69, 9.17) is 0 Å². The Morgan fingerprint density at radius 1 is 1.29 bits per heavy atom. The van der Waals surface area contributed by atoms with Crippen LogP contribution in [0.5, 0.6) is 0 Å². The molecule has 2 N–H and O–H groups in total. The molecule has 130 valence electrons. The van der Waals surface area contributed by atoms with Crippen molar-refractivity contribution in [1.29, 1.82) is 0 Å². The number of rotatable bonds is 8. The van der Waals surface area contributed by atoms with Crippen LogP contribution in [0.15, 0.2) is 48.2 Å². The fourth-order valence-electron chi connectivity index (χ4n) is 2.83. The van der Waals surface area contributed by atoms with Crippen molar-refractivity contribution < 1.29 is 4.79 Å². The molecule has 0 spiro atoms. The van der Waals surface area contributed by atoms with Gasteiger partial charge in [-0.25, -0.2) is 0 Å². The lowest BCUT2D eigenvalue weighted by molar-refractivity contribution is -0.121. The van der Waals surface area contributed by atoms with E-state index in [-0.39, 0.29) is 5.91 Å². The van der Waals surface area contributed by atoms with E-state index in [9.17, 15) is 4.79 Å². The van der Waals surface area contributed by atoms with Crippen LogP contribution in [-0.4, -0.2) is 13.0 Å². The fourth-order valence-corrected chi connectivity index (χ4v) is 2.83. The molecule has 2 rings (SSSR count). The van der Waals surface area contributed by atoms with Crippen LogP contribution < -0.4 is 10.6 Å². The zero-order valence-electron chi connectivity index (χ0n) is 15.1. The number of amides is 1. The van der Waals surface area contributed by atoms with Gasteiger partial charge in [0, 0.05) is 24.9 Å². The average Bonchev–Trinajstić information content (AvgIpc) is 2.61. The summed E-state index contributed by atoms with van der Waals surface area (Å²) in [6, 6.07) is 8.62. The maximum atomic E-state index is 11.9. The smallest absolute Gasteiger partial charge is 0.224 e. The Kier molecular flexibility index (Phi) is 7.10. The summed E-state index contributed by atoms with van der Waals surface area (Å²) in [5, 5.41) is 6.16. The van der Waals surface area contributed by atoms with Crippen LogP contribution in [0, 0.1) is 11.8 Å². The van der Waals surface area contributed by atoms with Crippen molar-refractivity contribution in [3.63, 3.8) is 0 Å². The number of aryl methyl sites for hydroxylation is 1. The number of hydrogen-bond acceptors (Lipinski definition) is 2. The molecular formula is C21H30N2O. The lowest BCUT2D eigenvalue weighted by Gasteiger charge is -2.17. The molecule has 3 heteroatoms. The molecule has 1 aliphatic rings. The fraction of sp³-hybridized carbons (Fsp3) is 0.476. The van der Waals surface area contributed by atoms with Gasteiger partial charge in [-0.15, -0.1) is 0 Å². The third kappa shape index (κ3) is 5.88. The van der Waals surface area contributed by atoms with Gasteiger partial charge >= 0.3 is 0 Å². The topological polar surface area (TPSA) is 41.1 Å². The van der Waals surface area contributed by atoms with Gasteiger partial charge in [0.15, 0.2) is 0 Å². The van der Waals surface area contributed by atoms with E-state index in [1.807, 2.05) is 7.05 Å². The van der Waals surface area contributed by atoms with E-state index < -0.39 is 0 Å². The second-order valence-corrected chi connectivity index (χ2v) is 6.77. The Hall–Kier alpha value is -2.03. The van der Waals surface area contributed by atoms with Crippen molar-refractivity contribution in [1.82, 2.24) is 5.32 Å². The maximum absolute atomic E-state index is 11.9. The highest BCUT2D eigenvalue weighted by molar-refractivity contribution is 5.78. The van der Waals surface area contributed by atoms with Gasteiger partial charge in [-0.3, -0.25) is 4.79 Å². The molecule has 0 fully saturated rings. The molecule has 1 aliphatic carbocycles. The summed E-state index contributed by atoms with van der Waals surface area (Å²) in [5.74, 6) is 1.13. The third-order valence-corrected chi connectivity index (χ3v) is 4.75. The molecule has 24 heavy (non-hydrogen) atoms. The predicted molar refractivity (Wildman–Crippen MR) is 102 cm³/mol. The van der Waals surface area contributed by atoms with Gasteiger partial charge in [-0.05, 0) is 54.9 Å². The van der Waals surface area contributed by atoms with Gasteiger partial charge in [-0.2, -0.15) is 0 Å². The Morgan fingerprint density at radius 3 is 2.62 bits per heavy atom. The Bertz CT molecular complexity index is 586. The molecule has 0 saturated heterocycles. The molecule has 0 aromatic heterocycles. The predicted octanol–water partition coefficient (Wildman–Crippen LogP) is 4.67. The first-order valence-corrected chi connectivity index (χ1v) is 9.05. The molecule has 0 heterocycles. The molecule has 3 nitrogen and oxygen atoms in total. The number of benzene rings is 1. The summed E-state index contributed by atoms with van der Waals surface area (Å²) in [7, 11) is 1.94. The molecule has 0 aliphatic heterocycles. The molecular weight excluding hydrogens is 296 g/mol. The van der Waals surface area contributed by atoms with Crippen molar-refractivity contribution in [2.24, 2.45) is 11.8 Å². The second-order valence-electron chi connectivity index (χ2n) is 6.77.